The van der Waals surface area contributed by atoms with Crippen LogP contribution in [0.25, 0.3) is 27.8 Å². The second-order valence-corrected chi connectivity index (χ2v) is 9.00. The van der Waals surface area contributed by atoms with Crippen LogP contribution in [-0.2, 0) is 11.8 Å². The molecule has 0 saturated carbocycles. The first-order valence-electron chi connectivity index (χ1n) is 11.1. The minimum Gasteiger partial charge on any atom is -0.352 e. The van der Waals surface area contributed by atoms with Gasteiger partial charge in [0.05, 0.1) is 28.5 Å². The number of fused-ring (bicyclic) bond motifs is 1. The molecule has 0 spiro atoms. The lowest BCUT2D eigenvalue weighted by Gasteiger charge is -2.35. The predicted molar refractivity (Wildman–Crippen MR) is 134 cm³/mol. The minimum absolute atomic E-state index is 0.0225. The van der Waals surface area contributed by atoms with Gasteiger partial charge >= 0.3 is 0 Å². The Labute approximate surface area is 207 Å². The first kappa shape index (κ1) is 22.6. The van der Waals surface area contributed by atoms with E-state index in [9.17, 15) is 10.1 Å². The van der Waals surface area contributed by atoms with E-state index in [0.717, 1.165) is 22.3 Å². The quantitative estimate of drug-likeness (QED) is 0.409. The predicted octanol–water partition coefficient (Wildman–Crippen LogP) is 3.55. The fourth-order valence-corrected chi connectivity index (χ4v) is 4.64. The van der Waals surface area contributed by atoms with E-state index in [0.29, 0.717) is 53.7 Å². The van der Waals surface area contributed by atoms with Gasteiger partial charge in [-0.15, -0.1) is 0 Å². The topological polar surface area (TPSA) is 95.3 Å². The molecule has 0 aromatic carbocycles. The summed E-state index contributed by atoms with van der Waals surface area (Å²) in [5.74, 6) is 0.650. The number of amides is 1. The van der Waals surface area contributed by atoms with Crippen molar-refractivity contribution in [2.45, 2.75) is 6.92 Å². The molecule has 0 N–H and O–H groups in total. The fraction of sp³-hybridized carbons (Fsp3) is 0.240. The Morgan fingerprint density at radius 1 is 1.06 bits per heavy atom. The first-order valence-corrected chi connectivity index (χ1v) is 11.5. The van der Waals surface area contributed by atoms with Crippen molar-refractivity contribution in [3.63, 3.8) is 0 Å². The van der Waals surface area contributed by atoms with Crippen molar-refractivity contribution in [1.29, 1.82) is 5.26 Å². The molecule has 10 heteroatoms. The Morgan fingerprint density at radius 2 is 1.83 bits per heavy atom. The van der Waals surface area contributed by atoms with E-state index in [1.807, 2.05) is 31.6 Å². The molecule has 5 rings (SSSR count). The van der Waals surface area contributed by atoms with E-state index in [1.165, 1.54) is 0 Å². The molecule has 1 aliphatic heterocycles. The molecule has 5 heterocycles. The molecule has 1 fully saturated rings. The van der Waals surface area contributed by atoms with Crippen molar-refractivity contribution in [3.05, 3.63) is 65.9 Å². The number of aryl methyl sites for hydroxylation is 1. The molecule has 1 amide bonds. The molecular weight excluding hydrogens is 464 g/mol. The first-order chi connectivity index (χ1) is 16.9. The van der Waals surface area contributed by atoms with Crippen molar-refractivity contribution in [1.82, 2.24) is 29.3 Å². The SMILES string of the molecule is C=C(C)C(=O)N1CCN(c2ncc(-c3cc(-c4cnn(C)c4)cn4ncc(C#N)c34)cc2Cl)CC1. The Morgan fingerprint density at radius 3 is 2.46 bits per heavy atom. The summed E-state index contributed by atoms with van der Waals surface area (Å²) in [5, 5.41) is 18.8. The normalized spacial score (nSPS) is 13.8. The highest BCUT2D eigenvalue weighted by atomic mass is 35.5. The zero-order valence-electron chi connectivity index (χ0n) is 19.4. The highest BCUT2D eigenvalue weighted by molar-refractivity contribution is 6.33. The van der Waals surface area contributed by atoms with Gasteiger partial charge in [-0.3, -0.25) is 9.48 Å². The van der Waals surface area contributed by atoms with Crippen LogP contribution in [0.15, 0.2) is 55.3 Å². The zero-order valence-corrected chi connectivity index (χ0v) is 20.2. The number of hydrogen-bond donors (Lipinski definition) is 0. The van der Waals surface area contributed by atoms with Gasteiger partial charge in [0, 0.05) is 79.6 Å². The lowest BCUT2D eigenvalue weighted by atomic mass is 10.0. The van der Waals surface area contributed by atoms with E-state index in [-0.39, 0.29) is 5.91 Å². The Bertz CT molecular complexity index is 1500. The van der Waals surface area contributed by atoms with Crippen molar-refractivity contribution < 1.29 is 4.79 Å². The molecule has 0 unspecified atom stereocenters. The van der Waals surface area contributed by atoms with Gasteiger partial charge in [0.25, 0.3) is 0 Å². The summed E-state index contributed by atoms with van der Waals surface area (Å²) in [4.78, 5) is 20.8. The summed E-state index contributed by atoms with van der Waals surface area (Å²) in [6, 6.07) is 6.09. The lowest BCUT2D eigenvalue weighted by Crippen LogP contribution is -2.49. The number of nitrogens with zero attached hydrogens (tertiary/aromatic N) is 8. The summed E-state index contributed by atoms with van der Waals surface area (Å²) in [6.45, 7) is 7.91. The van der Waals surface area contributed by atoms with Crippen LogP contribution in [0.1, 0.15) is 12.5 Å². The number of carbonyl (C=O) groups is 1. The van der Waals surface area contributed by atoms with Gasteiger partial charge < -0.3 is 9.80 Å². The number of rotatable bonds is 4. The molecule has 4 aromatic heterocycles. The minimum atomic E-state index is -0.0225. The number of carbonyl (C=O) groups excluding carboxylic acids is 1. The molecule has 0 bridgehead atoms. The zero-order chi connectivity index (χ0) is 24.7. The standard InChI is InChI=1S/C25H23ClN8O/c1-16(2)25(35)33-6-4-32(5-7-33)24-22(26)9-17(11-28-24)21-8-18(20-13-29-31(3)14-20)15-34-23(21)19(10-27)12-30-34/h8-9,11-15H,1,4-7H2,2-3H3. The summed E-state index contributed by atoms with van der Waals surface area (Å²) in [6.07, 6.45) is 8.91. The third-order valence-corrected chi connectivity index (χ3v) is 6.41. The molecular formula is C25H23ClN8O. The monoisotopic (exact) mass is 486 g/mol. The molecule has 35 heavy (non-hydrogen) atoms. The van der Waals surface area contributed by atoms with E-state index in [4.69, 9.17) is 11.6 Å². The van der Waals surface area contributed by atoms with Crippen LogP contribution in [0.5, 0.6) is 0 Å². The van der Waals surface area contributed by atoms with Crippen LogP contribution in [-0.4, -0.2) is 61.4 Å². The maximum Gasteiger partial charge on any atom is 0.249 e. The Balaban J connectivity index is 1.50. The molecule has 1 aliphatic rings. The van der Waals surface area contributed by atoms with Crippen molar-refractivity contribution >= 4 is 28.8 Å². The third-order valence-electron chi connectivity index (χ3n) is 6.13. The highest BCUT2D eigenvalue weighted by Crippen LogP contribution is 2.35. The Kier molecular flexibility index (Phi) is 5.75. The molecule has 0 atom stereocenters. The summed E-state index contributed by atoms with van der Waals surface area (Å²) in [5.41, 5.74) is 5.12. The maximum absolute atomic E-state index is 12.2. The van der Waals surface area contributed by atoms with Gasteiger partial charge in [0.2, 0.25) is 5.91 Å². The maximum atomic E-state index is 12.2. The number of anilines is 1. The van der Waals surface area contributed by atoms with Gasteiger partial charge in [0.15, 0.2) is 0 Å². The van der Waals surface area contributed by atoms with Crippen molar-refractivity contribution in [2.24, 2.45) is 7.05 Å². The average molecular weight is 487 g/mol. The van der Waals surface area contributed by atoms with E-state index in [1.54, 1.807) is 39.6 Å². The summed E-state index contributed by atoms with van der Waals surface area (Å²) >= 11 is 6.72. The fourth-order valence-electron chi connectivity index (χ4n) is 4.35. The number of pyridine rings is 2. The second-order valence-electron chi connectivity index (χ2n) is 8.60. The number of hydrogen-bond acceptors (Lipinski definition) is 6. The van der Waals surface area contributed by atoms with E-state index >= 15 is 0 Å². The molecule has 4 aromatic rings. The van der Waals surface area contributed by atoms with Gasteiger partial charge in [0.1, 0.15) is 11.9 Å². The molecule has 0 aliphatic carbocycles. The highest BCUT2D eigenvalue weighted by Gasteiger charge is 2.24. The molecule has 176 valence electrons. The van der Waals surface area contributed by atoms with Crippen LogP contribution < -0.4 is 4.90 Å². The largest absolute Gasteiger partial charge is 0.352 e. The van der Waals surface area contributed by atoms with Gasteiger partial charge in [-0.25, -0.2) is 9.50 Å². The van der Waals surface area contributed by atoms with Crippen LogP contribution in [0, 0.1) is 11.3 Å². The summed E-state index contributed by atoms with van der Waals surface area (Å²) in [7, 11) is 1.86. The lowest BCUT2D eigenvalue weighted by molar-refractivity contribution is -0.127. The number of aromatic nitrogens is 5. The molecule has 0 radical (unpaired) electrons. The van der Waals surface area contributed by atoms with Crippen LogP contribution in [0.4, 0.5) is 5.82 Å². The van der Waals surface area contributed by atoms with Crippen molar-refractivity contribution in [2.75, 3.05) is 31.1 Å². The van der Waals surface area contributed by atoms with Crippen LogP contribution in [0.2, 0.25) is 5.02 Å². The molecule has 9 nitrogen and oxygen atoms in total. The Hall–Kier alpha value is -4.16. The number of nitriles is 1. The number of piperazine rings is 1. The van der Waals surface area contributed by atoms with Gasteiger partial charge in [-0.1, -0.05) is 18.2 Å². The number of halogens is 1. The van der Waals surface area contributed by atoms with E-state index < -0.39 is 0 Å². The van der Waals surface area contributed by atoms with E-state index in [2.05, 4.69) is 32.7 Å². The third kappa shape index (κ3) is 4.13. The van der Waals surface area contributed by atoms with Gasteiger partial charge in [-0.2, -0.15) is 15.5 Å². The van der Waals surface area contributed by atoms with Crippen molar-refractivity contribution in [3.8, 4) is 28.3 Å². The van der Waals surface area contributed by atoms with Gasteiger partial charge in [-0.05, 0) is 19.1 Å². The van der Waals surface area contributed by atoms with Crippen LogP contribution >= 0.6 is 11.6 Å². The smallest absolute Gasteiger partial charge is 0.249 e. The second kappa shape index (κ2) is 8.89. The van der Waals surface area contributed by atoms with Crippen LogP contribution in [0.3, 0.4) is 0 Å². The summed E-state index contributed by atoms with van der Waals surface area (Å²) < 4.78 is 3.44. The average Bonchev–Trinajstić information content (AvgIpc) is 3.49. The molecule has 1 saturated heterocycles.